The molecule has 0 saturated heterocycles. The number of anilines is 1. The molecule has 0 heterocycles. The van der Waals surface area contributed by atoms with Crippen LogP contribution in [0.1, 0.15) is 0 Å². The molecule has 0 unspecified atom stereocenters. The molecule has 0 atom stereocenters. The van der Waals surface area contributed by atoms with Crippen LogP contribution in [-0.2, 0) is 9.63 Å². The van der Waals surface area contributed by atoms with Crippen molar-refractivity contribution in [1.82, 2.24) is 5.48 Å². The van der Waals surface area contributed by atoms with Crippen LogP contribution >= 0.6 is 0 Å². The molecular weight excluding hydrogens is 192 g/mol. The first-order valence-corrected chi connectivity index (χ1v) is 4.46. The average Bonchev–Trinajstić information content (AvgIpc) is 2.26. The van der Waals surface area contributed by atoms with Crippen molar-refractivity contribution >= 4 is 11.6 Å². The topological polar surface area (TPSA) is 50.4 Å². The van der Waals surface area contributed by atoms with Crippen molar-refractivity contribution in [3.63, 3.8) is 0 Å². The first kappa shape index (κ1) is 11.2. The summed E-state index contributed by atoms with van der Waals surface area (Å²) in [6.07, 6.45) is 4.95. The first-order chi connectivity index (χ1) is 7.33. The Hall–Kier alpha value is -1.83. The minimum Gasteiger partial charge on any atom is -0.325 e. The Balaban J connectivity index is 2.22. The molecule has 0 aliphatic heterocycles. The second-order valence-electron chi connectivity index (χ2n) is 2.73. The van der Waals surface area contributed by atoms with Crippen molar-refractivity contribution in [2.75, 3.05) is 18.5 Å². The van der Waals surface area contributed by atoms with Crippen LogP contribution in [0.2, 0.25) is 0 Å². The molecule has 2 N–H and O–H groups in total. The van der Waals surface area contributed by atoms with E-state index < -0.39 is 0 Å². The van der Waals surface area contributed by atoms with Crippen molar-refractivity contribution in [2.24, 2.45) is 0 Å². The Morgan fingerprint density at radius 1 is 1.40 bits per heavy atom. The van der Waals surface area contributed by atoms with Gasteiger partial charge in [0.15, 0.2) is 0 Å². The molecule has 1 aromatic carbocycles. The van der Waals surface area contributed by atoms with E-state index in [1.54, 1.807) is 12.1 Å². The van der Waals surface area contributed by atoms with Gasteiger partial charge >= 0.3 is 0 Å². The number of carbonyl (C=O) groups is 1. The monoisotopic (exact) mass is 204 g/mol. The predicted molar refractivity (Wildman–Crippen MR) is 57.9 cm³/mol. The van der Waals surface area contributed by atoms with Crippen molar-refractivity contribution < 1.29 is 9.63 Å². The van der Waals surface area contributed by atoms with Crippen LogP contribution in [0.5, 0.6) is 0 Å². The van der Waals surface area contributed by atoms with Gasteiger partial charge < -0.3 is 5.32 Å². The number of rotatable bonds is 5. The lowest BCUT2D eigenvalue weighted by molar-refractivity contribution is -0.117. The molecule has 0 fully saturated rings. The maximum Gasteiger partial charge on any atom is 0.240 e. The Morgan fingerprint density at radius 3 is 2.80 bits per heavy atom. The number of terminal acetylenes is 1. The van der Waals surface area contributed by atoms with Crippen LogP contribution in [-0.4, -0.2) is 19.1 Å². The summed E-state index contributed by atoms with van der Waals surface area (Å²) in [5.41, 5.74) is 3.20. The van der Waals surface area contributed by atoms with E-state index in [2.05, 4.69) is 16.7 Å². The molecule has 1 amide bonds. The fraction of sp³-hybridized carbons (Fsp3) is 0.182. The highest BCUT2D eigenvalue weighted by molar-refractivity contribution is 5.92. The van der Waals surface area contributed by atoms with Crippen LogP contribution in [0.15, 0.2) is 30.3 Å². The second kappa shape index (κ2) is 6.60. The van der Waals surface area contributed by atoms with Gasteiger partial charge in [0.25, 0.3) is 0 Å². The van der Waals surface area contributed by atoms with Crippen molar-refractivity contribution in [2.45, 2.75) is 0 Å². The summed E-state index contributed by atoms with van der Waals surface area (Å²) >= 11 is 0. The Bertz CT molecular complexity index is 343. The van der Waals surface area contributed by atoms with Crippen LogP contribution in [0.3, 0.4) is 0 Å². The molecule has 1 aromatic rings. The summed E-state index contributed by atoms with van der Waals surface area (Å²) in [4.78, 5) is 16.0. The van der Waals surface area contributed by atoms with Gasteiger partial charge in [-0.05, 0) is 12.1 Å². The second-order valence-corrected chi connectivity index (χ2v) is 2.73. The highest BCUT2D eigenvalue weighted by atomic mass is 16.6. The van der Waals surface area contributed by atoms with E-state index in [9.17, 15) is 4.79 Å². The smallest absolute Gasteiger partial charge is 0.240 e. The lowest BCUT2D eigenvalue weighted by atomic mass is 10.3. The molecule has 0 aromatic heterocycles. The van der Waals surface area contributed by atoms with Gasteiger partial charge in [0.05, 0.1) is 0 Å². The summed E-state index contributed by atoms with van der Waals surface area (Å²) < 4.78 is 0. The lowest BCUT2D eigenvalue weighted by Crippen LogP contribution is -2.28. The normalized spacial score (nSPS) is 9.27. The Labute approximate surface area is 88.6 Å². The van der Waals surface area contributed by atoms with Crippen LogP contribution in [0.4, 0.5) is 5.69 Å². The van der Waals surface area contributed by atoms with Gasteiger partial charge in [0.1, 0.15) is 13.2 Å². The summed E-state index contributed by atoms with van der Waals surface area (Å²) in [6, 6.07) is 9.18. The van der Waals surface area contributed by atoms with E-state index in [1.165, 1.54) is 0 Å². The number of para-hydroxylation sites is 1. The maximum atomic E-state index is 11.3. The maximum absolute atomic E-state index is 11.3. The summed E-state index contributed by atoms with van der Waals surface area (Å²) in [6.45, 7) is 0.204. The van der Waals surface area contributed by atoms with Gasteiger partial charge in [-0.2, -0.15) is 5.48 Å². The SMILES string of the molecule is C#CCONCC(=O)Nc1ccccc1. The van der Waals surface area contributed by atoms with Crippen molar-refractivity contribution in [3.8, 4) is 12.3 Å². The van der Waals surface area contributed by atoms with Gasteiger partial charge in [-0.3, -0.25) is 9.63 Å². The Kier molecular flexibility index (Phi) is 4.95. The van der Waals surface area contributed by atoms with E-state index in [-0.39, 0.29) is 19.1 Å². The van der Waals surface area contributed by atoms with Crippen molar-refractivity contribution in [1.29, 1.82) is 0 Å². The minimum atomic E-state index is -0.182. The van der Waals surface area contributed by atoms with Gasteiger partial charge in [-0.15, -0.1) is 6.42 Å². The Morgan fingerprint density at radius 2 is 2.13 bits per heavy atom. The van der Waals surface area contributed by atoms with Gasteiger partial charge in [0, 0.05) is 5.69 Å². The third kappa shape index (κ3) is 4.81. The number of benzene rings is 1. The molecule has 0 spiro atoms. The molecule has 0 aliphatic rings. The molecular formula is C11H12N2O2. The molecule has 1 rings (SSSR count). The third-order valence-electron chi connectivity index (χ3n) is 1.55. The van der Waals surface area contributed by atoms with Gasteiger partial charge in [-0.1, -0.05) is 24.1 Å². The van der Waals surface area contributed by atoms with E-state index in [1.807, 2.05) is 18.2 Å². The summed E-state index contributed by atoms with van der Waals surface area (Å²) in [5.74, 6) is 2.09. The van der Waals surface area contributed by atoms with E-state index >= 15 is 0 Å². The zero-order chi connectivity index (χ0) is 10.9. The lowest BCUT2D eigenvalue weighted by Gasteiger charge is -2.05. The van der Waals surface area contributed by atoms with Crippen LogP contribution in [0, 0.1) is 12.3 Å². The zero-order valence-corrected chi connectivity index (χ0v) is 8.19. The standard InChI is InChI=1S/C11H12N2O2/c1-2-8-15-12-9-11(14)13-10-6-4-3-5-7-10/h1,3-7,12H,8-9H2,(H,13,14). The number of carbonyl (C=O) groups excluding carboxylic acids is 1. The van der Waals surface area contributed by atoms with E-state index in [0.717, 1.165) is 5.69 Å². The molecule has 0 radical (unpaired) electrons. The van der Waals surface area contributed by atoms with E-state index in [4.69, 9.17) is 11.3 Å². The molecule has 0 aliphatic carbocycles. The quantitative estimate of drug-likeness (QED) is 0.423. The highest BCUT2D eigenvalue weighted by Crippen LogP contribution is 2.03. The van der Waals surface area contributed by atoms with Gasteiger partial charge in [-0.25, -0.2) is 0 Å². The minimum absolute atomic E-state index is 0.0660. The molecule has 4 heteroatoms. The largest absolute Gasteiger partial charge is 0.325 e. The predicted octanol–water partition coefficient (Wildman–Crippen LogP) is 0.779. The van der Waals surface area contributed by atoms with Crippen molar-refractivity contribution in [3.05, 3.63) is 30.3 Å². The highest BCUT2D eigenvalue weighted by Gasteiger charge is 2.00. The number of hydrogen-bond acceptors (Lipinski definition) is 3. The number of amides is 1. The average molecular weight is 204 g/mol. The van der Waals surface area contributed by atoms with Crippen LogP contribution in [0.25, 0.3) is 0 Å². The fourth-order valence-corrected chi connectivity index (χ4v) is 0.936. The number of hydrogen-bond donors (Lipinski definition) is 2. The third-order valence-corrected chi connectivity index (χ3v) is 1.55. The van der Waals surface area contributed by atoms with Crippen LogP contribution < -0.4 is 10.8 Å². The first-order valence-electron chi connectivity index (χ1n) is 4.46. The summed E-state index contributed by atoms with van der Waals surface area (Å²) in [5, 5.41) is 2.69. The number of nitrogens with one attached hydrogen (secondary N) is 2. The fourth-order valence-electron chi connectivity index (χ4n) is 0.936. The van der Waals surface area contributed by atoms with E-state index in [0.29, 0.717) is 0 Å². The number of hydroxylamine groups is 1. The molecule has 4 nitrogen and oxygen atoms in total. The zero-order valence-electron chi connectivity index (χ0n) is 8.19. The molecule has 0 saturated carbocycles. The molecule has 15 heavy (non-hydrogen) atoms. The van der Waals surface area contributed by atoms with Gasteiger partial charge in [0.2, 0.25) is 5.91 Å². The molecule has 0 bridgehead atoms. The summed E-state index contributed by atoms with van der Waals surface area (Å²) in [7, 11) is 0. The molecule has 78 valence electrons.